The number of halogens is 2. The van der Waals surface area contributed by atoms with E-state index in [1.807, 2.05) is 0 Å². The summed E-state index contributed by atoms with van der Waals surface area (Å²) in [5.74, 6) is -0.373. The van der Waals surface area contributed by atoms with E-state index in [0.29, 0.717) is 17.0 Å². The Balaban J connectivity index is 2.17. The van der Waals surface area contributed by atoms with Crippen LogP contribution in [0.15, 0.2) is 30.7 Å². The van der Waals surface area contributed by atoms with Crippen molar-refractivity contribution in [3.8, 4) is 0 Å². The fourth-order valence-corrected chi connectivity index (χ4v) is 1.77. The van der Waals surface area contributed by atoms with Gasteiger partial charge in [-0.1, -0.05) is 11.6 Å². The molecule has 1 heterocycles. The average Bonchev–Trinajstić information content (AvgIpc) is 2.68. The summed E-state index contributed by atoms with van der Waals surface area (Å²) >= 11 is 5.76. The number of nitrogens with one attached hydrogen (secondary N) is 1. The Morgan fingerprint density at radius 1 is 1.44 bits per heavy atom. The van der Waals surface area contributed by atoms with E-state index in [1.165, 1.54) is 12.1 Å². The standard InChI is InChI=1S/C11H11ClFN3/c12-8-1-7(2-9(13)3-8)11(14)4-10-5-15-6-16-10/h1-3,5-6,11H,4,14H2,(H,15,16). The number of aromatic amines is 1. The molecule has 0 saturated carbocycles. The maximum atomic E-state index is 13.1. The molecule has 0 aliphatic carbocycles. The van der Waals surface area contributed by atoms with Gasteiger partial charge in [-0.3, -0.25) is 0 Å². The van der Waals surface area contributed by atoms with Gasteiger partial charge in [-0.25, -0.2) is 9.37 Å². The molecule has 2 aromatic rings. The zero-order valence-electron chi connectivity index (χ0n) is 8.45. The number of hydrogen-bond donors (Lipinski definition) is 2. The molecule has 0 saturated heterocycles. The van der Waals surface area contributed by atoms with Gasteiger partial charge in [0.2, 0.25) is 0 Å². The van der Waals surface area contributed by atoms with Crippen molar-refractivity contribution in [3.63, 3.8) is 0 Å². The van der Waals surface area contributed by atoms with E-state index in [1.54, 1.807) is 18.6 Å². The lowest BCUT2D eigenvalue weighted by Crippen LogP contribution is -2.13. The van der Waals surface area contributed by atoms with Crippen LogP contribution in [0.3, 0.4) is 0 Å². The van der Waals surface area contributed by atoms with Gasteiger partial charge in [0.1, 0.15) is 5.82 Å². The predicted molar refractivity (Wildman–Crippen MR) is 60.6 cm³/mol. The molecular formula is C11H11ClFN3. The van der Waals surface area contributed by atoms with E-state index in [9.17, 15) is 4.39 Å². The Morgan fingerprint density at radius 2 is 2.25 bits per heavy atom. The molecule has 0 aliphatic heterocycles. The third-order valence-electron chi connectivity index (χ3n) is 2.31. The third-order valence-corrected chi connectivity index (χ3v) is 2.53. The van der Waals surface area contributed by atoms with Crippen molar-refractivity contribution in [1.29, 1.82) is 0 Å². The minimum Gasteiger partial charge on any atom is -0.348 e. The Labute approximate surface area is 97.5 Å². The molecule has 16 heavy (non-hydrogen) atoms. The molecule has 0 aliphatic rings. The number of imidazole rings is 1. The normalized spacial score (nSPS) is 12.7. The molecule has 1 aromatic heterocycles. The monoisotopic (exact) mass is 239 g/mol. The average molecular weight is 240 g/mol. The zero-order valence-corrected chi connectivity index (χ0v) is 9.21. The minimum atomic E-state index is -0.373. The quantitative estimate of drug-likeness (QED) is 0.865. The predicted octanol–water partition coefficient (Wildman–Crippen LogP) is 2.44. The van der Waals surface area contributed by atoms with Gasteiger partial charge in [0.25, 0.3) is 0 Å². The summed E-state index contributed by atoms with van der Waals surface area (Å²) < 4.78 is 13.1. The lowest BCUT2D eigenvalue weighted by Gasteiger charge is -2.11. The van der Waals surface area contributed by atoms with E-state index in [2.05, 4.69) is 9.97 Å². The molecule has 1 aromatic carbocycles. The molecule has 1 unspecified atom stereocenters. The second kappa shape index (κ2) is 4.63. The van der Waals surface area contributed by atoms with E-state index in [0.717, 1.165) is 5.69 Å². The molecule has 1 atom stereocenters. The van der Waals surface area contributed by atoms with Gasteiger partial charge in [0.05, 0.1) is 6.33 Å². The lowest BCUT2D eigenvalue weighted by molar-refractivity contribution is 0.618. The van der Waals surface area contributed by atoms with Crippen LogP contribution in [0.1, 0.15) is 17.3 Å². The largest absolute Gasteiger partial charge is 0.348 e. The Hall–Kier alpha value is -1.39. The fourth-order valence-electron chi connectivity index (χ4n) is 1.54. The van der Waals surface area contributed by atoms with Crippen LogP contribution in [0.5, 0.6) is 0 Å². The summed E-state index contributed by atoms with van der Waals surface area (Å²) in [6, 6.07) is 4.03. The maximum Gasteiger partial charge on any atom is 0.125 e. The van der Waals surface area contributed by atoms with Gasteiger partial charge < -0.3 is 10.7 Å². The topological polar surface area (TPSA) is 54.7 Å². The van der Waals surface area contributed by atoms with Gasteiger partial charge in [0.15, 0.2) is 0 Å². The van der Waals surface area contributed by atoms with Crippen LogP contribution >= 0.6 is 11.6 Å². The molecule has 2 rings (SSSR count). The highest BCUT2D eigenvalue weighted by molar-refractivity contribution is 6.30. The van der Waals surface area contributed by atoms with Crippen molar-refractivity contribution < 1.29 is 4.39 Å². The number of aromatic nitrogens is 2. The van der Waals surface area contributed by atoms with E-state index < -0.39 is 0 Å². The lowest BCUT2D eigenvalue weighted by atomic mass is 10.0. The first-order valence-electron chi connectivity index (χ1n) is 4.84. The highest BCUT2D eigenvalue weighted by atomic mass is 35.5. The van der Waals surface area contributed by atoms with E-state index in [4.69, 9.17) is 17.3 Å². The van der Waals surface area contributed by atoms with Gasteiger partial charge in [0, 0.05) is 29.4 Å². The van der Waals surface area contributed by atoms with Gasteiger partial charge in [-0.15, -0.1) is 0 Å². The molecule has 0 fully saturated rings. The second-order valence-corrected chi connectivity index (χ2v) is 4.03. The smallest absolute Gasteiger partial charge is 0.125 e. The Kier molecular flexibility index (Phi) is 3.22. The van der Waals surface area contributed by atoms with Crippen LogP contribution in [0.2, 0.25) is 5.02 Å². The van der Waals surface area contributed by atoms with Crippen LogP contribution < -0.4 is 5.73 Å². The third kappa shape index (κ3) is 2.59. The van der Waals surface area contributed by atoms with Crippen LogP contribution in [0.4, 0.5) is 4.39 Å². The first-order valence-corrected chi connectivity index (χ1v) is 5.22. The maximum absolute atomic E-state index is 13.1. The highest BCUT2D eigenvalue weighted by Gasteiger charge is 2.10. The van der Waals surface area contributed by atoms with Crippen LogP contribution in [0, 0.1) is 5.82 Å². The number of nitrogens with two attached hydrogens (primary N) is 1. The van der Waals surface area contributed by atoms with Crippen LogP contribution in [-0.2, 0) is 6.42 Å². The Morgan fingerprint density at radius 3 is 2.88 bits per heavy atom. The molecule has 0 radical (unpaired) electrons. The first kappa shape index (κ1) is 11.1. The summed E-state index contributed by atoms with van der Waals surface area (Å²) in [6.45, 7) is 0. The van der Waals surface area contributed by atoms with Crippen molar-refractivity contribution in [2.75, 3.05) is 0 Å². The number of nitrogens with zero attached hydrogens (tertiary/aromatic N) is 1. The van der Waals surface area contributed by atoms with Crippen LogP contribution in [0.25, 0.3) is 0 Å². The fraction of sp³-hybridized carbons (Fsp3) is 0.182. The van der Waals surface area contributed by atoms with E-state index in [-0.39, 0.29) is 11.9 Å². The van der Waals surface area contributed by atoms with Crippen molar-refractivity contribution in [2.45, 2.75) is 12.5 Å². The van der Waals surface area contributed by atoms with Gasteiger partial charge in [-0.05, 0) is 23.8 Å². The van der Waals surface area contributed by atoms with Gasteiger partial charge in [-0.2, -0.15) is 0 Å². The minimum absolute atomic E-state index is 0.298. The molecule has 3 N–H and O–H groups in total. The summed E-state index contributed by atoms with van der Waals surface area (Å²) in [6.07, 6.45) is 3.85. The van der Waals surface area contributed by atoms with Crippen molar-refractivity contribution in [1.82, 2.24) is 9.97 Å². The second-order valence-electron chi connectivity index (χ2n) is 3.59. The van der Waals surface area contributed by atoms with Crippen LogP contribution in [-0.4, -0.2) is 9.97 Å². The molecular weight excluding hydrogens is 229 g/mol. The Bertz CT molecular complexity index is 450. The summed E-state index contributed by atoms with van der Waals surface area (Å²) in [4.78, 5) is 6.84. The zero-order chi connectivity index (χ0) is 11.5. The van der Waals surface area contributed by atoms with Crippen molar-refractivity contribution in [2.24, 2.45) is 5.73 Å². The molecule has 0 spiro atoms. The van der Waals surface area contributed by atoms with E-state index >= 15 is 0 Å². The summed E-state index contributed by atoms with van der Waals surface area (Å²) in [5.41, 5.74) is 7.54. The number of rotatable bonds is 3. The van der Waals surface area contributed by atoms with Crippen molar-refractivity contribution in [3.05, 3.63) is 52.8 Å². The highest BCUT2D eigenvalue weighted by Crippen LogP contribution is 2.20. The molecule has 0 amide bonds. The number of hydrogen-bond acceptors (Lipinski definition) is 2. The molecule has 84 valence electrons. The van der Waals surface area contributed by atoms with Gasteiger partial charge >= 0.3 is 0 Å². The molecule has 3 nitrogen and oxygen atoms in total. The first-order chi connectivity index (χ1) is 7.65. The molecule has 0 bridgehead atoms. The number of H-pyrrole nitrogens is 1. The molecule has 5 heteroatoms. The number of benzene rings is 1. The summed E-state index contributed by atoms with van der Waals surface area (Å²) in [5, 5.41) is 0.357. The van der Waals surface area contributed by atoms with Crippen molar-refractivity contribution >= 4 is 11.6 Å². The summed E-state index contributed by atoms with van der Waals surface area (Å²) in [7, 11) is 0. The SMILES string of the molecule is NC(Cc1cnc[nH]1)c1cc(F)cc(Cl)c1.